The maximum Gasteiger partial charge on any atom is 0.252 e. The van der Waals surface area contributed by atoms with Crippen molar-refractivity contribution in [2.45, 2.75) is 26.4 Å². The average molecular weight is 471 g/mol. The fourth-order valence-electron chi connectivity index (χ4n) is 4.85. The zero-order valence-electron chi connectivity index (χ0n) is 20.3. The summed E-state index contributed by atoms with van der Waals surface area (Å²) >= 11 is 0. The van der Waals surface area contributed by atoms with Gasteiger partial charge in [-0.2, -0.15) is 15.2 Å². The summed E-state index contributed by atoms with van der Waals surface area (Å²) in [7, 11) is 1.96. The molecular formula is C26H30N8O. The second-order valence-corrected chi connectivity index (χ2v) is 9.33. The molecule has 3 aromatic heterocycles. The molecule has 2 aliphatic rings. The number of aromatic nitrogens is 6. The van der Waals surface area contributed by atoms with Gasteiger partial charge in [0, 0.05) is 69.7 Å². The molecule has 0 radical (unpaired) electrons. The van der Waals surface area contributed by atoms with E-state index in [1.165, 1.54) is 11.1 Å². The molecule has 5 heterocycles. The van der Waals surface area contributed by atoms with Crippen LogP contribution < -0.4 is 4.90 Å². The van der Waals surface area contributed by atoms with Gasteiger partial charge >= 0.3 is 0 Å². The lowest BCUT2D eigenvalue weighted by Gasteiger charge is -2.29. The first-order valence-electron chi connectivity index (χ1n) is 12.2. The predicted octanol–water partition coefficient (Wildman–Crippen LogP) is 2.77. The molecule has 0 amide bonds. The third kappa shape index (κ3) is 4.56. The van der Waals surface area contributed by atoms with Crippen molar-refractivity contribution in [1.29, 1.82) is 0 Å². The van der Waals surface area contributed by atoms with E-state index in [2.05, 4.69) is 52.2 Å². The van der Waals surface area contributed by atoms with Gasteiger partial charge in [0.25, 0.3) is 5.95 Å². The maximum atomic E-state index is 5.61. The zero-order valence-corrected chi connectivity index (χ0v) is 20.3. The Hall–Kier alpha value is -3.56. The summed E-state index contributed by atoms with van der Waals surface area (Å²) in [6.45, 7) is 7.80. The molecule has 1 saturated heterocycles. The van der Waals surface area contributed by atoms with Crippen molar-refractivity contribution in [3.8, 4) is 17.2 Å². The largest absolute Gasteiger partial charge is 0.378 e. The molecule has 1 fully saturated rings. The third-order valence-electron chi connectivity index (χ3n) is 6.69. The highest BCUT2D eigenvalue weighted by Gasteiger charge is 2.29. The van der Waals surface area contributed by atoms with Gasteiger partial charge in [0.05, 0.1) is 30.3 Å². The van der Waals surface area contributed by atoms with Crippen molar-refractivity contribution in [3.05, 3.63) is 71.3 Å². The van der Waals surface area contributed by atoms with E-state index in [4.69, 9.17) is 19.8 Å². The predicted molar refractivity (Wildman–Crippen MR) is 133 cm³/mol. The van der Waals surface area contributed by atoms with Crippen molar-refractivity contribution >= 4 is 5.82 Å². The molecular weight excluding hydrogens is 440 g/mol. The first kappa shape index (κ1) is 21.9. The molecule has 0 spiro atoms. The first-order valence-corrected chi connectivity index (χ1v) is 12.2. The normalized spacial score (nSPS) is 16.1. The van der Waals surface area contributed by atoms with Crippen LogP contribution in [0.3, 0.4) is 0 Å². The maximum absolute atomic E-state index is 5.61. The Morgan fingerprint density at radius 1 is 0.971 bits per heavy atom. The van der Waals surface area contributed by atoms with Crippen molar-refractivity contribution in [1.82, 2.24) is 34.4 Å². The molecule has 0 N–H and O–H groups in total. The molecule has 180 valence electrons. The molecule has 9 nitrogen and oxygen atoms in total. The Morgan fingerprint density at radius 3 is 2.66 bits per heavy atom. The summed E-state index contributed by atoms with van der Waals surface area (Å²) in [5.74, 6) is 1.64. The van der Waals surface area contributed by atoms with Crippen molar-refractivity contribution in [2.75, 3.05) is 37.7 Å². The van der Waals surface area contributed by atoms with E-state index < -0.39 is 0 Å². The van der Waals surface area contributed by atoms with Crippen LogP contribution in [-0.4, -0.2) is 67.3 Å². The van der Waals surface area contributed by atoms with Crippen molar-refractivity contribution < 1.29 is 4.74 Å². The van der Waals surface area contributed by atoms with E-state index in [0.29, 0.717) is 5.95 Å². The molecule has 0 bridgehead atoms. The monoisotopic (exact) mass is 470 g/mol. The fourth-order valence-corrected chi connectivity index (χ4v) is 4.85. The molecule has 0 atom stereocenters. The van der Waals surface area contributed by atoms with Gasteiger partial charge in [-0.3, -0.25) is 9.58 Å². The third-order valence-corrected chi connectivity index (χ3v) is 6.69. The zero-order chi connectivity index (χ0) is 23.8. The molecule has 2 aliphatic heterocycles. The number of fused-ring (bicyclic) bond motifs is 1. The number of morpholine rings is 1. The fraction of sp³-hybridized carbons (Fsp3) is 0.385. The van der Waals surface area contributed by atoms with Gasteiger partial charge in [0.15, 0.2) is 0 Å². The van der Waals surface area contributed by atoms with Gasteiger partial charge in [-0.25, -0.2) is 9.67 Å². The highest BCUT2D eigenvalue weighted by atomic mass is 16.5. The molecule has 6 rings (SSSR count). The second kappa shape index (κ2) is 9.24. The lowest BCUT2D eigenvalue weighted by atomic mass is 10.1. The average Bonchev–Trinajstić information content (AvgIpc) is 3.62. The number of nitrogens with zero attached hydrogens (tertiary/aromatic N) is 8. The summed E-state index contributed by atoms with van der Waals surface area (Å²) in [5.41, 5.74) is 6.66. The summed E-state index contributed by atoms with van der Waals surface area (Å²) in [6, 6.07) is 12.5. The van der Waals surface area contributed by atoms with Crippen LogP contribution in [0, 0.1) is 6.92 Å². The highest BCUT2D eigenvalue weighted by Crippen LogP contribution is 2.31. The minimum Gasteiger partial charge on any atom is -0.378 e. The van der Waals surface area contributed by atoms with Crippen molar-refractivity contribution in [3.63, 3.8) is 0 Å². The van der Waals surface area contributed by atoms with Crippen LogP contribution in [0.2, 0.25) is 0 Å². The number of anilines is 1. The van der Waals surface area contributed by atoms with Gasteiger partial charge in [-0.15, -0.1) is 0 Å². The van der Waals surface area contributed by atoms with E-state index in [1.807, 2.05) is 30.2 Å². The van der Waals surface area contributed by atoms with Gasteiger partial charge in [0.1, 0.15) is 5.82 Å². The van der Waals surface area contributed by atoms with Gasteiger partial charge < -0.3 is 9.64 Å². The van der Waals surface area contributed by atoms with E-state index >= 15 is 0 Å². The van der Waals surface area contributed by atoms with Crippen LogP contribution in [0.1, 0.15) is 22.5 Å². The quantitative estimate of drug-likeness (QED) is 0.429. The Balaban J connectivity index is 1.30. The van der Waals surface area contributed by atoms with Crippen LogP contribution in [0.15, 0.2) is 48.8 Å². The van der Waals surface area contributed by atoms with Gasteiger partial charge in [-0.05, 0) is 25.1 Å². The standard InChI is InChI=1S/C26H30N8O/c1-19-4-3-5-20(16-19)23-8-11-34(30-23)26-27-24-18-32(10-7-21-6-9-31(2)29-21)17-22(24)25(28-26)33-12-14-35-15-13-33/h3-6,8-9,11,16H,7,10,12-15,17-18H2,1-2H3. The number of hydrogen-bond donors (Lipinski definition) is 0. The SMILES string of the molecule is Cc1cccc(-c2ccn(-c3nc4c(c(N5CCOCC5)n3)CN(CCc3ccn(C)n3)C4)n2)c1. The minimum absolute atomic E-state index is 0.621. The number of benzene rings is 1. The summed E-state index contributed by atoms with van der Waals surface area (Å²) in [5, 5.41) is 9.35. The number of aryl methyl sites for hydroxylation is 2. The molecule has 4 aromatic rings. The topological polar surface area (TPSA) is 77.1 Å². The minimum atomic E-state index is 0.621. The van der Waals surface area contributed by atoms with Crippen LogP contribution in [0.4, 0.5) is 5.82 Å². The number of ether oxygens (including phenoxy) is 1. The Labute approximate surface area is 205 Å². The number of rotatable bonds is 6. The Kier molecular flexibility index (Phi) is 5.79. The Bertz CT molecular complexity index is 1340. The Morgan fingerprint density at radius 2 is 1.86 bits per heavy atom. The van der Waals surface area contributed by atoms with Crippen LogP contribution >= 0.6 is 0 Å². The molecule has 9 heteroatoms. The van der Waals surface area contributed by atoms with Gasteiger partial charge in [0.2, 0.25) is 0 Å². The van der Waals surface area contributed by atoms with E-state index in [0.717, 1.165) is 80.8 Å². The van der Waals surface area contributed by atoms with Crippen LogP contribution in [0.25, 0.3) is 17.2 Å². The molecule has 1 aromatic carbocycles. The molecule has 35 heavy (non-hydrogen) atoms. The number of hydrogen-bond acceptors (Lipinski definition) is 7. The second-order valence-electron chi connectivity index (χ2n) is 9.33. The lowest BCUT2D eigenvalue weighted by Crippen LogP contribution is -2.37. The summed E-state index contributed by atoms with van der Waals surface area (Å²) in [4.78, 5) is 14.8. The van der Waals surface area contributed by atoms with E-state index in [1.54, 1.807) is 4.68 Å². The summed E-state index contributed by atoms with van der Waals surface area (Å²) in [6.07, 6.45) is 4.87. The highest BCUT2D eigenvalue weighted by molar-refractivity contribution is 5.60. The molecule has 0 unspecified atom stereocenters. The van der Waals surface area contributed by atoms with E-state index in [9.17, 15) is 0 Å². The summed E-state index contributed by atoms with van der Waals surface area (Å²) < 4.78 is 9.27. The van der Waals surface area contributed by atoms with Crippen LogP contribution in [0.5, 0.6) is 0 Å². The van der Waals surface area contributed by atoms with Crippen molar-refractivity contribution in [2.24, 2.45) is 7.05 Å². The molecule has 0 aliphatic carbocycles. The smallest absolute Gasteiger partial charge is 0.252 e. The first-order chi connectivity index (χ1) is 17.1. The van der Waals surface area contributed by atoms with Crippen LogP contribution in [-0.2, 0) is 31.3 Å². The molecule has 0 saturated carbocycles. The lowest BCUT2D eigenvalue weighted by molar-refractivity contribution is 0.122. The van der Waals surface area contributed by atoms with Gasteiger partial charge in [-0.1, -0.05) is 23.8 Å². The van der Waals surface area contributed by atoms with E-state index in [-0.39, 0.29) is 0 Å².